The molecule has 1 atom stereocenters. The Balaban J connectivity index is 1.42. The molecule has 3 aromatic heterocycles. The van der Waals surface area contributed by atoms with Gasteiger partial charge in [-0.2, -0.15) is 18.3 Å². The molecule has 4 N–H and O–H groups in total. The molecule has 5 rings (SSSR count). The Morgan fingerprint density at radius 3 is 2.62 bits per heavy atom. The Bertz CT molecular complexity index is 1550. The number of hydrogen-bond donors (Lipinski definition) is 3. The molecule has 1 fully saturated rings. The third-order valence-electron chi connectivity index (χ3n) is 6.85. The molecule has 1 aliphatic rings. The molecule has 0 spiro atoms. The van der Waals surface area contributed by atoms with Gasteiger partial charge in [0.05, 0.1) is 5.56 Å². The number of rotatable bonds is 5. The van der Waals surface area contributed by atoms with Crippen molar-refractivity contribution in [3.63, 3.8) is 0 Å². The Kier molecular flexibility index (Phi) is 7.28. The maximum absolute atomic E-state index is 13.0. The normalized spacial score (nSPS) is 15.7. The van der Waals surface area contributed by atoms with E-state index < -0.39 is 17.6 Å². The van der Waals surface area contributed by atoms with Crippen LogP contribution in [0.15, 0.2) is 55.0 Å². The fourth-order valence-corrected chi connectivity index (χ4v) is 4.93. The van der Waals surface area contributed by atoms with Crippen LogP contribution in [-0.4, -0.2) is 56.1 Å². The van der Waals surface area contributed by atoms with E-state index in [-0.39, 0.29) is 29.1 Å². The van der Waals surface area contributed by atoms with Crippen molar-refractivity contribution in [2.45, 2.75) is 31.9 Å². The van der Waals surface area contributed by atoms with Crippen LogP contribution >= 0.6 is 0 Å². The summed E-state index contributed by atoms with van der Waals surface area (Å²) in [5.41, 5.74) is 8.60. The van der Waals surface area contributed by atoms with Crippen molar-refractivity contribution in [2.75, 3.05) is 30.7 Å². The van der Waals surface area contributed by atoms with Crippen LogP contribution in [0.1, 0.15) is 47.3 Å². The van der Waals surface area contributed by atoms with E-state index in [1.54, 1.807) is 33.7 Å². The highest BCUT2D eigenvalue weighted by molar-refractivity contribution is 6.04. The highest BCUT2D eigenvalue weighted by Crippen LogP contribution is 2.36. The van der Waals surface area contributed by atoms with E-state index in [9.17, 15) is 22.8 Å². The molecule has 1 aliphatic heterocycles. The number of pyridine rings is 1. The van der Waals surface area contributed by atoms with Gasteiger partial charge in [0.2, 0.25) is 0 Å². The molecule has 0 bridgehead atoms. The summed E-state index contributed by atoms with van der Waals surface area (Å²) in [6.45, 7) is 3.63. The summed E-state index contributed by atoms with van der Waals surface area (Å²) in [6, 6.07) is 10.1. The van der Waals surface area contributed by atoms with E-state index in [2.05, 4.69) is 25.7 Å². The summed E-state index contributed by atoms with van der Waals surface area (Å²) in [6.07, 6.45) is -0.461. The predicted octanol–water partition coefficient (Wildman–Crippen LogP) is 4.55. The maximum atomic E-state index is 13.0. The van der Waals surface area contributed by atoms with Crippen LogP contribution in [0.25, 0.3) is 16.6 Å². The number of carbonyl (C=O) groups excluding carboxylic acids is 2. The average Bonchev–Trinajstić information content (AvgIpc) is 3.34. The molecular weight excluding hydrogens is 525 g/mol. The number of nitrogens with one attached hydrogen (secondary N) is 2. The van der Waals surface area contributed by atoms with E-state index in [4.69, 9.17) is 5.73 Å². The monoisotopic (exact) mass is 552 g/mol. The van der Waals surface area contributed by atoms with Crippen LogP contribution in [0, 0.1) is 0 Å². The summed E-state index contributed by atoms with van der Waals surface area (Å²) in [5.74, 6) is -0.496. The first kappa shape index (κ1) is 26.9. The van der Waals surface area contributed by atoms with E-state index in [0.717, 1.165) is 48.0 Å². The standard InChI is InChI=1S/C27H27F3N8O2/c1-2-32-26(40)37-11-3-4-18(14-37)21-13-20(23-24(31)34-15-35-38(21)23)16-5-7-17(8-6-16)25(39)36-22-12-19(9-10-33-22)27(28,29)30/h5-10,12-13,15,18H,2-4,11,14H2,1H3,(H,32,40)(H2,31,34,35)(H,33,36,39). The van der Waals surface area contributed by atoms with Crippen LogP contribution in [0.3, 0.4) is 0 Å². The SMILES string of the molecule is CCNC(=O)N1CCCC(c2cc(-c3ccc(C(=O)Nc4cc(C(F)(F)F)ccn4)cc3)c3c(N)ncnn23)C1. The van der Waals surface area contributed by atoms with Crippen molar-refractivity contribution in [1.29, 1.82) is 0 Å². The van der Waals surface area contributed by atoms with E-state index in [1.165, 1.54) is 6.33 Å². The number of halogens is 3. The van der Waals surface area contributed by atoms with Crippen LogP contribution in [0.2, 0.25) is 0 Å². The Hall–Kier alpha value is -4.68. The predicted molar refractivity (Wildman–Crippen MR) is 143 cm³/mol. The van der Waals surface area contributed by atoms with Gasteiger partial charge in [-0.3, -0.25) is 4.79 Å². The van der Waals surface area contributed by atoms with E-state index >= 15 is 0 Å². The molecule has 40 heavy (non-hydrogen) atoms. The molecule has 4 heterocycles. The molecule has 13 heteroatoms. The van der Waals surface area contributed by atoms with Crippen LogP contribution in [-0.2, 0) is 6.18 Å². The zero-order valence-corrected chi connectivity index (χ0v) is 21.6. The minimum absolute atomic E-state index is 0.0249. The van der Waals surface area contributed by atoms with Crippen molar-refractivity contribution in [1.82, 2.24) is 29.8 Å². The third kappa shape index (κ3) is 5.40. The molecular formula is C27H27F3N8O2. The van der Waals surface area contributed by atoms with Gasteiger partial charge in [-0.05, 0) is 55.7 Å². The largest absolute Gasteiger partial charge is 0.416 e. The number of likely N-dealkylation sites (tertiary alicyclic amines) is 1. The number of piperidine rings is 1. The lowest BCUT2D eigenvalue weighted by Crippen LogP contribution is -2.45. The van der Waals surface area contributed by atoms with Crippen molar-refractivity contribution in [3.05, 3.63) is 71.8 Å². The first-order chi connectivity index (χ1) is 19.2. The van der Waals surface area contributed by atoms with E-state index in [1.807, 2.05) is 13.0 Å². The number of carbonyl (C=O) groups is 2. The quantitative estimate of drug-likeness (QED) is 0.333. The molecule has 0 saturated carbocycles. The van der Waals surface area contributed by atoms with Gasteiger partial charge in [0.1, 0.15) is 17.7 Å². The maximum Gasteiger partial charge on any atom is 0.416 e. The van der Waals surface area contributed by atoms with Crippen molar-refractivity contribution in [2.24, 2.45) is 0 Å². The molecule has 4 aromatic rings. The van der Waals surface area contributed by atoms with Crippen LogP contribution in [0.4, 0.5) is 29.6 Å². The topological polar surface area (TPSA) is 131 Å². The second kappa shape index (κ2) is 10.8. The number of benzene rings is 1. The molecule has 208 valence electrons. The van der Waals surface area contributed by atoms with Gasteiger partial charge in [0, 0.05) is 48.6 Å². The second-order valence-corrected chi connectivity index (χ2v) is 9.47. The number of nitrogens with zero attached hydrogens (tertiary/aromatic N) is 5. The highest BCUT2D eigenvalue weighted by Gasteiger charge is 2.31. The summed E-state index contributed by atoms with van der Waals surface area (Å²) in [7, 11) is 0. The molecule has 1 unspecified atom stereocenters. The summed E-state index contributed by atoms with van der Waals surface area (Å²) in [5, 5.41) is 9.70. The molecule has 1 aromatic carbocycles. The average molecular weight is 553 g/mol. The van der Waals surface area contributed by atoms with Gasteiger partial charge in [-0.15, -0.1) is 0 Å². The third-order valence-corrected chi connectivity index (χ3v) is 6.85. The summed E-state index contributed by atoms with van der Waals surface area (Å²) >= 11 is 0. The number of anilines is 2. The number of nitrogens with two attached hydrogens (primary N) is 1. The Morgan fingerprint density at radius 2 is 1.90 bits per heavy atom. The number of nitrogen functional groups attached to an aromatic ring is 1. The van der Waals surface area contributed by atoms with Gasteiger partial charge in [0.25, 0.3) is 5.91 Å². The molecule has 10 nitrogen and oxygen atoms in total. The van der Waals surface area contributed by atoms with Gasteiger partial charge >= 0.3 is 12.2 Å². The number of urea groups is 1. The highest BCUT2D eigenvalue weighted by atomic mass is 19.4. The van der Waals surface area contributed by atoms with Crippen LogP contribution in [0.5, 0.6) is 0 Å². The van der Waals surface area contributed by atoms with Crippen LogP contribution < -0.4 is 16.4 Å². The fraction of sp³-hybridized carbons (Fsp3) is 0.296. The number of fused-ring (bicyclic) bond motifs is 1. The van der Waals surface area contributed by atoms with Gasteiger partial charge in [-0.25, -0.2) is 19.3 Å². The lowest BCUT2D eigenvalue weighted by Gasteiger charge is -2.32. The molecule has 1 saturated heterocycles. The summed E-state index contributed by atoms with van der Waals surface area (Å²) < 4.78 is 40.8. The first-order valence-electron chi connectivity index (χ1n) is 12.8. The first-order valence-corrected chi connectivity index (χ1v) is 12.8. The minimum atomic E-state index is -4.55. The molecule has 3 amide bonds. The fourth-order valence-electron chi connectivity index (χ4n) is 4.93. The molecule has 0 aliphatic carbocycles. The lowest BCUT2D eigenvalue weighted by atomic mass is 9.94. The van der Waals surface area contributed by atoms with Crippen molar-refractivity contribution < 1.29 is 22.8 Å². The Morgan fingerprint density at radius 1 is 1.12 bits per heavy atom. The van der Waals surface area contributed by atoms with Gasteiger partial charge in [-0.1, -0.05) is 12.1 Å². The Labute approximate surface area is 227 Å². The number of aromatic nitrogens is 4. The minimum Gasteiger partial charge on any atom is -0.382 e. The van der Waals surface area contributed by atoms with Crippen molar-refractivity contribution >= 4 is 29.1 Å². The number of alkyl halides is 3. The smallest absolute Gasteiger partial charge is 0.382 e. The number of hydrogen-bond acceptors (Lipinski definition) is 6. The van der Waals surface area contributed by atoms with Gasteiger partial charge in [0.15, 0.2) is 5.82 Å². The lowest BCUT2D eigenvalue weighted by molar-refractivity contribution is -0.137. The van der Waals surface area contributed by atoms with Crippen molar-refractivity contribution in [3.8, 4) is 11.1 Å². The summed E-state index contributed by atoms with van der Waals surface area (Å²) in [4.78, 5) is 34.9. The molecule has 0 radical (unpaired) electrons. The number of amides is 3. The second-order valence-electron chi connectivity index (χ2n) is 9.47. The zero-order chi connectivity index (χ0) is 28.4. The zero-order valence-electron chi connectivity index (χ0n) is 21.6. The van der Waals surface area contributed by atoms with E-state index in [0.29, 0.717) is 25.2 Å². The van der Waals surface area contributed by atoms with Gasteiger partial charge < -0.3 is 21.3 Å².